The molecule has 3 aromatic carbocycles. The van der Waals surface area contributed by atoms with Gasteiger partial charge in [0, 0.05) is 26.5 Å². The number of hydrogen-bond acceptors (Lipinski definition) is 8. The second-order valence-electron chi connectivity index (χ2n) is 9.61. The van der Waals surface area contributed by atoms with Gasteiger partial charge < -0.3 is 19.8 Å². The van der Waals surface area contributed by atoms with E-state index in [9.17, 15) is 19.2 Å². The molecule has 4 aromatic rings. The topological polar surface area (TPSA) is 118 Å². The van der Waals surface area contributed by atoms with E-state index in [1.807, 2.05) is 0 Å². The van der Waals surface area contributed by atoms with Gasteiger partial charge in [-0.1, -0.05) is 62.2 Å². The summed E-state index contributed by atoms with van der Waals surface area (Å²) in [4.78, 5) is 57.4. The summed E-state index contributed by atoms with van der Waals surface area (Å²) in [5.41, 5.74) is 1.42. The number of thioether (sulfide) groups is 1. The van der Waals surface area contributed by atoms with Gasteiger partial charge in [-0.3, -0.25) is 19.2 Å². The van der Waals surface area contributed by atoms with Gasteiger partial charge in [-0.15, -0.1) is 0 Å². The number of H-pyrrole nitrogens is 1. The number of halogens is 3. The van der Waals surface area contributed by atoms with Crippen LogP contribution in [0.4, 0.5) is 11.4 Å². The van der Waals surface area contributed by atoms with E-state index in [2.05, 4.69) is 26.2 Å². The standard InChI is InChI=1S/C29H20BrCl2N3O6S2/c1-40-16-6-4-15(5-7-16)35-27(37)23-22(24-26(34-29(39)43-24)42-25(23)28(35)38)17-10-13(30)2-9-20(17)41-12-21(36)33-14-3-8-18(31)19(32)11-14/h2-11,22-23,25H,12H2,1H3,(H,33,36)(H,34,39). The molecule has 3 unspecified atom stereocenters. The van der Waals surface area contributed by atoms with Crippen LogP contribution in [0.5, 0.6) is 11.5 Å². The van der Waals surface area contributed by atoms with E-state index in [-0.39, 0.29) is 17.4 Å². The molecular formula is C29H20BrCl2N3O6S2. The van der Waals surface area contributed by atoms with Gasteiger partial charge in [-0.25, -0.2) is 4.90 Å². The van der Waals surface area contributed by atoms with Crippen LogP contribution < -0.4 is 24.6 Å². The minimum Gasteiger partial charge on any atom is -0.497 e. The Morgan fingerprint density at radius 1 is 1.02 bits per heavy atom. The number of benzene rings is 3. The predicted octanol–water partition coefficient (Wildman–Crippen LogP) is 6.33. The summed E-state index contributed by atoms with van der Waals surface area (Å²) in [5, 5.41) is 3.10. The van der Waals surface area contributed by atoms with Gasteiger partial charge >= 0.3 is 4.87 Å². The van der Waals surface area contributed by atoms with Crippen LogP contribution in [0, 0.1) is 5.92 Å². The molecule has 1 fully saturated rings. The zero-order valence-corrected chi connectivity index (χ0v) is 26.8. The van der Waals surface area contributed by atoms with E-state index in [1.165, 1.54) is 29.8 Å². The van der Waals surface area contributed by atoms with Crippen molar-refractivity contribution in [2.24, 2.45) is 5.92 Å². The van der Waals surface area contributed by atoms with Crippen LogP contribution in [-0.2, 0) is 14.4 Å². The van der Waals surface area contributed by atoms with Crippen LogP contribution in [0.3, 0.4) is 0 Å². The third-order valence-electron chi connectivity index (χ3n) is 7.02. The van der Waals surface area contributed by atoms with Crippen LogP contribution in [0.2, 0.25) is 10.0 Å². The number of fused-ring (bicyclic) bond motifs is 2. The number of aromatic nitrogens is 1. The van der Waals surface area contributed by atoms with Crippen LogP contribution in [0.1, 0.15) is 16.4 Å². The number of imide groups is 1. The van der Waals surface area contributed by atoms with Crippen molar-refractivity contribution in [3.05, 3.63) is 95.3 Å². The Bertz CT molecular complexity index is 1830. The molecule has 2 aliphatic rings. The number of amides is 3. The highest BCUT2D eigenvalue weighted by Gasteiger charge is 2.56. The molecule has 0 saturated carbocycles. The van der Waals surface area contributed by atoms with Crippen LogP contribution in [-0.4, -0.2) is 41.7 Å². The van der Waals surface area contributed by atoms with Gasteiger partial charge in [0.25, 0.3) is 5.91 Å². The molecule has 0 bridgehead atoms. The molecule has 9 nitrogen and oxygen atoms in total. The first-order valence-electron chi connectivity index (χ1n) is 12.7. The second-order valence-corrected chi connectivity index (χ2v) is 13.5. The van der Waals surface area contributed by atoms with Gasteiger partial charge in [0.05, 0.1) is 33.8 Å². The number of nitrogens with zero attached hydrogens (tertiary/aromatic N) is 1. The molecule has 3 atom stereocenters. The average Bonchev–Trinajstić information content (AvgIpc) is 3.48. The highest BCUT2D eigenvalue weighted by molar-refractivity contribution is 9.10. The monoisotopic (exact) mass is 719 g/mol. The summed E-state index contributed by atoms with van der Waals surface area (Å²) in [5.74, 6) is -1.84. The Kier molecular flexibility index (Phi) is 8.31. The van der Waals surface area contributed by atoms with E-state index in [1.54, 1.807) is 54.6 Å². The first-order chi connectivity index (χ1) is 20.6. The van der Waals surface area contributed by atoms with Crippen molar-refractivity contribution < 1.29 is 23.9 Å². The van der Waals surface area contributed by atoms with E-state index < -0.39 is 28.9 Å². The fourth-order valence-electron chi connectivity index (χ4n) is 5.15. The van der Waals surface area contributed by atoms with Crippen molar-refractivity contribution in [2.45, 2.75) is 16.2 Å². The molecule has 2 aliphatic heterocycles. The minimum atomic E-state index is -0.833. The lowest BCUT2D eigenvalue weighted by Gasteiger charge is -2.31. The van der Waals surface area contributed by atoms with E-state index >= 15 is 0 Å². The van der Waals surface area contributed by atoms with Crippen LogP contribution in [0.25, 0.3) is 0 Å². The predicted molar refractivity (Wildman–Crippen MR) is 170 cm³/mol. The zero-order chi connectivity index (χ0) is 30.4. The third kappa shape index (κ3) is 5.69. The van der Waals surface area contributed by atoms with Crippen molar-refractivity contribution in [3.8, 4) is 11.5 Å². The molecule has 2 N–H and O–H groups in total. The Morgan fingerprint density at radius 3 is 2.51 bits per heavy atom. The summed E-state index contributed by atoms with van der Waals surface area (Å²) in [7, 11) is 1.53. The fourth-order valence-corrected chi connectivity index (χ4v) is 8.33. The van der Waals surface area contributed by atoms with Gasteiger partial charge in [0.15, 0.2) is 6.61 Å². The number of thiazole rings is 1. The Labute approximate surface area is 271 Å². The molecular weight excluding hydrogens is 701 g/mol. The second kappa shape index (κ2) is 12.0. The lowest BCUT2D eigenvalue weighted by Crippen LogP contribution is -2.32. The van der Waals surface area contributed by atoms with Crippen molar-refractivity contribution in [3.63, 3.8) is 0 Å². The van der Waals surface area contributed by atoms with Crippen molar-refractivity contribution in [1.82, 2.24) is 4.98 Å². The molecule has 1 saturated heterocycles. The summed E-state index contributed by atoms with van der Waals surface area (Å²) >= 11 is 17.7. The third-order valence-corrected chi connectivity index (χ3v) is 10.7. The molecule has 3 amide bonds. The molecule has 0 radical (unpaired) electrons. The smallest absolute Gasteiger partial charge is 0.305 e. The van der Waals surface area contributed by atoms with Crippen LogP contribution >= 0.6 is 62.2 Å². The summed E-state index contributed by atoms with van der Waals surface area (Å²) in [6.45, 7) is -0.356. The maximum Gasteiger partial charge on any atom is 0.305 e. The van der Waals surface area contributed by atoms with Crippen molar-refractivity contribution in [1.29, 1.82) is 0 Å². The maximum atomic E-state index is 14.1. The number of anilines is 2. The van der Waals surface area contributed by atoms with Crippen molar-refractivity contribution >= 4 is 91.3 Å². The Hall–Kier alpha value is -3.29. The molecule has 0 aliphatic carbocycles. The number of carbonyl (C=O) groups excluding carboxylic acids is 3. The minimum absolute atomic E-state index is 0.293. The van der Waals surface area contributed by atoms with E-state index in [0.717, 1.165) is 11.3 Å². The quantitative estimate of drug-likeness (QED) is 0.215. The number of nitrogens with one attached hydrogen (secondary N) is 2. The fraction of sp³-hybridized carbons (Fsp3) is 0.172. The number of hydrogen-bond donors (Lipinski definition) is 2. The summed E-state index contributed by atoms with van der Waals surface area (Å²) in [6, 6.07) is 16.6. The van der Waals surface area contributed by atoms with Crippen LogP contribution in [0.15, 0.2) is 75.0 Å². The highest BCUT2D eigenvalue weighted by atomic mass is 79.9. The number of ether oxygens (including phenoxy) is 2. The van der Waals surface area contributed by atoms with Gasteiger partial charge in [0.1, 0.15) is 16.7 Å². The molecule has 0 spiro atoms. The number of carbonyl (C=O) groups is 3. The van der Waals surface area contributed by atoms with Crippen molar-refractivity contribution in [2.75, 3.05) is 23.9 Å². The highest BCUT2D eigenvalue weighted by Crippen LogP contribution is 2.54. The first kappa shape index (κ1) is 29.8. The molecule has 43 heavy (non-hydrogen) atoms. The zero-order valence-electron chi connectivity index (χ0n) is 22.1. The molecule has 1 aromatic heterocycles. The molecule has 14 heteroatoms. The lowest BCUT2D eigenvalue weighted by atomic mass is 9.82. The molecule has 3 heterocycles. The number of rotatable bonds is 7. The summed E-state index contributed by atoms with van der Waals surface area (Å²) < 4.78 is 11.9. The first-order valence-corrected chi connectivity index (χ1v) is 16.0. The largest absolute Gasteiger partial charge is 0.497 e. The van der Waals surface area contributed by atoms with E-state index in [4.69, 9.17) is 32.7 Å². The number of aromatic amines is 1. The van der Waals surface area contributed by atoms with E-state index in [0.29, 0.717) is 52.9 Å². The Morgan fingerprint density at radius 2 is 1.79 bits per heavy atom. The SMILES string of the molecule is COc1ccc(N2C(=O)C3Sc4[nH]c(=O)sc4C(c4cc(Br)ccc4OCC(=O)Nc4ccc(Cl)c(Cl)c4)C3C2=O)cc1. The van der Waals surface area contributed by atoms with Gasteiger partial charge in [-0.2, -0.15) is 0 Å². The normalized spacial score (nSPS) is 19.2. The maximum absolute atomic E-state index is 14.1. The Balaban J connectivity index is 1.34. The van der Waals surface area contributed by atoms with Gasteiger partial charge in [0.2, 0.25) is 11.8 Å². The lowest BCUT2D eigenvalue weighted by molar-refractivity contribution is -0.122. The summed E-state index contributed by atoms with van der Waals surface area (Å²) in [6.07, 6.45) is 0. The molecule has 220 valence electrons. The number of methoxy groups -OCH3 is 1. The average molecular weight is 721 g/mol. The van der Waals surface area contributed by atoms with Gasteiger partial charge in [-0.05, 0) is 60.7 Å². The molecule has 6 rings (SSSR count).